The molecule has 6 nitrogen and oxygen atoms in total. The van der Waals surface area contributed by atoms with Crippen molar-refractivity contribution in [3.63, 3.8) is 0 Å². The third-order valence-electron chi connectivity index (χ3n) is 4.30. The predicted molar refractivity (Wildman–Crippen MR) is 95.6 cm³/mol. The number of hydrogen-bond acceptors (Lipinski definition) is 5. The molecule has 3 N–H and O–H groups in total. The molecule has 1 saturated carbocycles. The Morgan fingerprint density at radius 3 is 2.29 bits per heavy atom. The minimum absolute atomic E-state index is 0. The van der Waals surface area contributed by atoms with Crippen molar-refractivity contribution < 1.29 is 19.0 Å². The molecule has 0 spiro atoms. The summed E-state index contributed by atoms with van der Waals surface area (Å²) in [4.78, 5) is 12.4. The van der Waals surface area contributed by atoms with Crippen LogP contribution in [0.3, 0.4) is 0 Å². The Balaban J connectivity index is 0.00000288. The van der Waals surface area contributed by atoms with Crippen LogP contribution in [0.1, 0.15) is 36.0 Å². The first-order chi connectivity index (χ1) is 11.1. The molecule has 2 rings (SSSR count). The van der Waals surface area contributed by atoms with Crippen molar-refractivity contribution in [3.05, 3.63) is 17.7 Å². The maximum Gasteiger partial charge on any atom is 0.251 e. The summed E-state index contributed by atoms with van der Waals surface area (Å²) in [6.07, 6.45) is 4.29. The minimum atomic E-state index is -0.150. The fraction of sp³-hybridized carbons (Fsp3) is 0.588. The van der Waals surface area contributed by atoms with Gasteiger partial charge in [0.05, 0.1) is 21.3 Å². The number of nitrogens with one attached hydrogen (secondary N) is 1. The molecule has 1 aromatic rings. The molecule has 0 bridgehead atoms. The van der Waals surface area contributed by atoms with Crippen LogP contribution in [0, 0.1) is 5.92 Å². The van der Waals surface area contributed by atoms with Crippen LogP contribution in [0.15, 0.2) is 12.1 Å². The van der Waals surface area contributed by atoms with Crippen molar-refractivity contribution in [2.75, 3.05) is 27.9 Å². The Hall–Kier alpha value is -1.66. The van der Waals surface area contributed by atoms with Gasteiger partial charge in [-0.25, -0.2) is 0 Å². The van der Waals surface area contributed by atoms with Gasteiger partial charge in [-0.15, -0.1) is 12.4 Å². The van der Waals surface area contributed by atoms with Gasteiger partial charge < -0.3 is 25.3 Å². The van der Waals surface area contributed by atoms with Gasteiger partial charge in [-0.05, 0) is 37.3 Å². The first kappa shape index (κ1) is 20.4. The number of carbonyl (C=O) groups excluding carboxylic acids is 1. The predicted octanol–water partition coefficient (Wildman–Crippen LogP) is 2.38. The van der Waals surface area contributed by atoms with Gasteiger partial charge in [0, 0.05) is 18.2 Å². The summed E-state index contributed by atoms with van der Waals surface area (Å²) in [7, 11) is 4.59. The Morgan fingerprint density at radius 2 is 1.79 bits per heavy atom. The van der Waals surface area contributed by atoms with Crippen molar-refractivity contribution >= 4 is 18.3 Å². The Bertz CT molecular complexity index is 528. The number of methoxy groups -OCH3 is 3. The summed E-state index contributed by atoms with van der Waals surface area (Å²) < 4.78 is 15.8. The third-order valence-corrected chi connectivity index (χ3v) is 4.30. The maximum atomic E-state index is 12.4. The number of rotatable bonds is 6. The van der Waals surface area contributed by atoms with Crippen molar-refractivity contribution in [2.24, 2.45) is 11.7 Å². The number of halogens is 1. The van der Waals surface area contributed by atoms with Crippen LogP contribution < -0.4 is 25.3 Å². The molecule has 2 unspecified atom stereocenters. The van der Waals surface area contributed by atoms with E-state index in [1.54, 1.807) is 12.1 Å². The highest BCUT2D eigenvalue weighted by atomic mass is 35.5. The molecule has 1 aliphatic carbocycles. The van der Waals surface area contributed by atoms with Gasteiger partial charge in [0.25, 0.3) is 5.91 Å². The van der Waals surface area contributed by atoms with E-state index in [0.717, 1.165) is 25.7 Å². The molecule has 0 radical (unpaired) electrons. The Morgan fingerprint density at radius 1 is 1.17 bits per heavy atom. The first-order valence-electron chi connectivity index (χ1n) is 7.92. The molecule has 0 saturated heterocycles. The topological polar surface area (TPSA) is 82.8 Å². The van der Waals surface area contributed by atoms with E-state index >= 15 is 0 Å². The number of benzene rings is 1. The highest BCUT2D eigenvalue weighted by Gasteiger charge is 2.21. The second kappa shape index (κ2) is 9.59. The lowest BCUT2D eigenvalue weighted by Crippen LogP contribution is -2.35. The summed E-state index contributed by atoms with van der Waals surface area (Å²) >= 11 is 0. The van der Waals surface area contributed by atoms with E-state index in [-0.39, 0.29) is 24.4 Å². The second-order valence-electron chi connectivity index (χ2n) is 5.92. The maximum absolute atomic E-state index is 12.4. The molecule has 0 aromatic heterocycles. The summed E-state index contributed by atoms with van der Waals surface area (Å²) in [5.41, 5.74) is 6.48. The van der Waals surface area contributed by atoms with Gasteiger partial charge in [-0.3, -0.25) is 4.79 Å². The van der Waals surface area contributed by atoms with Crippen molar-refractivity contribution in [3.8, 4) is 17.2 Å². The van der Waals surface area contributed by atoms with Gasteiger partial charge in [-0.2, -0.15) is 0 Å². The summed E-state index contributed by atoms with van der Waals surface area (Å²) in [5.74, 6) is 1.71. The van der Waals surface area contributed by atoms with E-state index < -0.39 is 0 Å². The molecule has 1 aliphatic rings. The van der Waals surface area contributed by atoms with E-state index in [1.807, 2.05) is 0 Å². The van der Waals surface area contributed by atoms with Crippen LogP contribution in [0.25, 0.3) is 0 Å². The average Bonchev–Trinajstić information content (AvgIpc) is 2.58. The largest absolute Gasteiger partial charge is 0.493 e. The first-order valence-corrected chi connectivity index (χ1v) is 7.92. The lowest BCUT2D eigenvalue weighted by Gasteiger charge is -2.26. The molecular weight excluding hydrogens is 332 g/mol. The van der Waals surface area contributed by atoms with Crippen LogP contribution in [-0.4, -0.2) is 39.8 Å². The number of ether oxygens (including phenoxy) is 3. The lowest BCUT2D eigenvalue weighted by molar-refractivity contribution is 0.0941. The zero-order valence-corrected chi connectivity index (χ0v) is 15.3. The third kappa shape index (κ3) is 4.92. The van der Waals surface area contributed by atoms with E-state index in [4.69, 9.17) is 19.9 Å². The molecule has 1 amide bonds. The number of amides is 1. The zero-order chi connectivity index (χ0) is 16.8. The van der Waals surface area contributed by atoms with Crippen LogP contribution in [-0.2, 0) is 0 Å². The molecule has 24 heavy (non-hydrogen) atoms. The van der Waals surface area contributed by atoms with E-state index in [0.29, 0.717) is 35.3 Å². The van der Waals surface area contributed by atoms with E-state index in [1.165, 1.54) is 21.3 Å². The normalized spacial score (nSPS) is 19.8. The Kier molecular flexibility index (Phi) is 8.15. The number of nitrogens with two attached hydrogens (primary N) is 1. The van der Waals surface area contributed by atoms with Gasteiger partial charge >= 0.3 is 0 Å². The van der Waals surface area contributed by atoms with Gasteiger partial charge in [0.15, 0.2) is 11.5 Å². The van der Waals surface area contributed by atoms with Crippen LogP contribution in [0.5, 0.6) is 17.2 Å². The van der Waals surface area contributed by atoms with Gasteiger partial charge in [0.1, 0.15) is 0 Å². The lowest BCUT2D eigenvalue weighted by atomic mass is 9.86. The fourth-order valence-corrected chi connectivity index (χ4v) is 3.07. The molecule has 1 aromatic carbocycles. The van der Waals surface area contributed by atoms with E-state index in [2.05, 4.69) is 5.32 Å². The monoisotopic (exact) mass is 358 g/mol. The standard InChI is InChI=1S/C17H26N2O4.ClH/c1-21-14-8-12(9-15(22-2)16(14)23-3)17(20)19-10-11-5-4-6-13(18)7-11;/h8-9,11,13H,4-7,10,18H2,1-3H3,(H,19,20);1H. The quantitative estimate of drug-likeness (QED) is 0.815. The molecular formula is C17H27ClN2O4. The van der Waals surface area contributed by atoms with Crippen LogP contribution >= 0.6 is 12.4 Å². The molecule has 136 valence electrons. The molecule has 0 aliphatic heterocycles. The zero-order valence-electron chi connectivity index (χ0n) is 14.5. The van der Waals surface area contributed by atoms with Gasteiger partial charge in [0.2, 0.25) is 5.75 Å². The highest BCUT2D eigenvalue weighted by Crippen LogP contribution is 2.38. The summed E-state index contributed by atoms with van der Waals surface area (Å²) in [6.45, 7) is 0.642. The molecule has 0 heterocycles. The van der Waals surface area contributed by atoms with Crippen molar-refractivity contribution in [1.82, 2.24) is 5.32 Å². The average molecular weight is 359 g/mol. The summed E-state index contributed by atoms with van der Waals surface area (Å²) in [5, 5.41) is 2.98. The highest BCUT2D eigenvalue weighted by molar-refractivity contribution is 5.95. The number of hydrogen-bond donors (Lipinski definition) is 2. The van der Waals surface area contributed by atoms with Gasteiger partial charge in [-0.1, -0.05) is 6.42 Å². The second-order valence-corrected chi connectivity index (χ2v) is 5.92. The fourth-order valence-electron chi connectivity index (χ4n) is 3.07. The SMILES string of the molecule is COc1cc(C(=O)NCC2CCCC(N)C2)cc(OC)c1OC.Cl. The van der Waals surface area contributed by atoms with E-state index in [9.17, 15) is 4.79 Å². The molecule has 2 atom stereocenters. The summed E-state index contributed by atoms with van der Waals surface area (Å²) in [6, 6.07) is 3.57. The number of carbonyl (C=O) groups is 1. The van der Waals surface area contributed by atoms with Crippen molar-refractivity contribution in [2.45, 2.75) is 31.7 Å². The van der Waals surface area contributed by atoms with Crippen LogP contribution in [0.4, 0.5) is 0 Å². The minimum Gasteiger partial charge on any atom is -0.493 e. The van der Waals surface area contributed by atoms with Crippen molar-refractivity contribution in [1.29, 1.82) is 0 Å². The molecule has 7 heteroatoms. The smallest absolute Gasteiger partial charge is 0.251 e. The Labute approximate surface area is 149 Å². The molecule has 1 fully saturated rings. The van der Waals surface area contributed by atoms with Crippen LogP contribution in [0.2, 0.25) is 0 Å².